The lowest BCUT2D eigenvalue weighted by atomic mass is 9.85. The molecule has 0 aliphatic rings. The van der Waals surface area contributed by atoms with Crippen LogP contribution in [0.3, 0.4) is 0 Å². The zero-order valence-electron chi connectivity index (χ0n) is 14.2. The van der Waals surface area contributed by atoms with Gasteiger partial charge in [-0.15, -0.1) is 0 Å². The summed E-state index contributed by atoms with van der Waals surface area (Å²) >= 11 is 0. The van der Waals surface area contributed by atoms with E-state index in [2.05, 4.69) is 89.4 Å². The van der Waals surface area contributed by atoms with E-state index in [-0.39, 0.29) is 5.41 Å². The normalized spacial score (nSPS) is 11.3. The van der Waals surface area contributed by atoms with E-state index in [1.54, 1.807) is 0 Å². The fourth-order valence-electron chi connectivity index (χ4n) is 2.63. The Kier molecular flexibility index (Phi) is 4.71. The van der Waals surface area contributed by atoms with Gasteiger partial charge in [0, 0.05) is 0 Å². The van der Waals surface area contributed by atoms with Crippen molar-refractivity contribution in [1.29, 1.82) is 0 Å². The summed E-state index contributed by atoms with van der Waals surface area (Å²) in [7, 11) is 0. The number of rotatable bonds is 4. The van der Waals surface area contributed by atoms with Gasteiger partial charge in [0.1, 0.15) is 0 Å². The Morgan fingerprint density at radius 2 is 1.50 bits per heavy atom. The topological polar surface area (TPSA) is 0 Å². The smallest absolute Gasteiger partial charge is 0.00197 e. The van der Waals surface area contributed by atoms with Crippen molar-refractivity contribution in [2.24, 2.45) is 0 Å². The third-order valence-corrected chi connectivity index (χ3v) is 4.04. The first-order valence-corrected chi connectivity index (χ1v) is 7.81. The lowest BCUT2D eigenvalue weighted by Gasteiger charge is -2.19. The van der Waals surface area contributed by atoms with Crippen LogP contribution in [-0.2, 0) is 11.8 Å². The van der Waals surface area contributed by atoms with E-state index in [0.29, 0.717) is 0 Å². The number of hydrogen-bond acceptors (Lipinski definition) is 0. The molecular formula is C22H26. The standard InChI is InChI=1S/C22H26/c1-16(2)21-10-8-7-9-19(21)15-17(3)18-11-13-20(14-12-18)22(4,5)6/h7-14H,1,3,15H2,2,4-6H3. The second-order valence-corrected chi connectivity index (χ2v) is 7.05. The van der Waals surface area contributed by atoms with Gasteiger partial charge in [0.2, 0.25) is 0 Å². The zero-order chi connectivity index (χ0) is 16.3. The number of benzene rings is 2. The molecule has 0 bridgehead atoms. The van der Waals surface area contributed by atoms with Crippen molar-refractivity contribution >= 4 is 11.1 Å². The van der Waals surface area contributed by atoms with E-state index in [9.17, 15) is 0 Å². The molecule has 2 aromatic carbocycles. The van der Waals surface area contributed by atoms with Crippen LogP contribution >= 0.6 is 0 Å². The fraction of sp³-hybridized carbons (Fsp3) is 0.273. The summed E-state index contributed by atoms with van der Waals surface area (Å²) in [5, 5.41) is 0. The Morgan fingerprint density at radius 3 is 2.05 bits per heavy atom. The molecule has 0 unspecified atom stereocenters. The largest absolute Gasteiger partial charge is 0.0955 e. The van der Waals surface area contributed by atoms with Crippen molar-refractivity contribution in [3.8, 4) is 0 Å². The Morgan fingerprint density at radius 1 is 0.909 bits per heavy atom. The maximum Gasteiger partial charge on any atom is -0.00197 e. The minimum atomic E-state index is 0.187. The molecule has 2 aromatic rings. The van der Waals surface area contributed by atoms with Crippen LogP contribution in [0.1, 0.15) is 49.9 Å². The molecule has 0 fully saturated rings. The first-order chi connectivity index (χ1) is 10.3. The van der Waals surface area contributed by atoms with Gasteiger partial charge in [-0.3, -0.25) is 0 Å². The van der Waals surface area contributed by atoms with Gasteiger partial charge < -0.3 is 0 Å². The monoisotopic (exact) mass is 290 g/mol. The van der Waals surface area contributed by atoms with Crippen molar-refractivity contribution in [3.63, 3.8) is 0 Å². The Labute approximate surface area is 135 Å². The molecule has 0 amide bonds. The highest BCUT2D eigenvalue weighted by molar-refractivity contribution is 5.71. The molecule has 0 atom stereocenters. The van der Waals surface area contributed by atoms with Gasteiger partial charge in [-0.25, -0.2) is 0 Å². The quantitative estimate of drug-likeness (QED) is 0.622. The molecule has 22 heavy (non-hydrogen) atoms. The molecule has 0 aliphatic carbocycles. The third-order valence-electron chi connectivity index (χ3n) is 4.04. The predicted octanol–water partition coefficient (Wildman–Crippen LogP) is 6.27. The Balaban J connectivity index is 2.22. The number of hydrogen-bond donors (Lipinski definition) is 0. The summed E-state index contributed by atoms with van der Waals surface area (Å²) in [6.07, 6.45) is 0.859. The summed E-state index contributed by atoms with van der Waals surface area (Å²) < 4.78 is 0. The summed E-state index contributed by atoms with van der Waals surface area (Å²) in [5.41, 5.74) is 7.53. The highest BCUT2D eigenvalue weighted by atomic mass is 14.2. The molecule has 0 saturated heterocycles. The molecule has 0 aliphatic heterocycles. The van der Waals surface area contributed by atoms with Crippen molar-refractivity contribution < 1.29 is 0 Å². The van der Waals surface area contributed by atoms with Crippen molar-refractivity contribution in [3.05, 3.63) is 83.9 Å². The second-order valence-electron chi connectivity index (χ2n) is 7.05. The highest BCUT2D eigenvalue weighted by Crippen LogP contribution is 2.27. The van der Waals surface area contributed by atoms with Gasteiger partial charge in [0.25, 0.3) is 0 Å². The molecule has 0 spiro atoms. The summed E-state index contributed by atoms with van der Waals surface area (Å²) in [4.78, 5) is 0. The van der Waals surface area contributed by atoms with Crippen LogP contribution < -0.4 is 0 Å². The Bertz CT molecular complexity index is 679. The van der Waals surface area contributed by atoms with Gasteiger partial charge in [-0.2, -0.15) is 0 Å². The molecule has 0 nitrogen and oxygen atoms in total. The summed E-state index contributed by atoms with van der Waals surface area (Å²) in [5.74, 6) is 0. The van der Waals surface area contributed by atoms with Crippen LogP contribution in [0.25, 0.3) is 11.1 Å². The molecule has 0 radical (unpaired) electrons. The van der Waals surface area contributed by atoms with Crippen molar-refractivity contribution in [2.75, 3.05) is 0 Å². The zero-order valence-corrected chi connectivity index (χ0v) is 14.2. The lowest BCUT2D eigenvalue weighted by Crippen LogP contribution is -2.10. The minimum absolute atomic E-state index is 0.187. The van der Waals surface area contributed by atoms with Crippen molar-refractivity contribution in [1.82, 2.24) is 0 Å². The molecule has 0 aromatic heterocycles. The first-order valence-electron chi connectivity index (χ1n) is 7.81. The molecule has 0 heteroatoms. The number of allylic oxidation sites excluding steroid dienone is 2. The molecule has 0 heterocycles. The average molecular weight is 290 g/mol. The third kappa shape index (κ3) is 3.76. The van der Waals surface area contributed by atoms with E-state index in [1.165, 1.54) is 22.3 Å². The predicted molar refractivity (Wildman–Crippen MR) is 99.0 cm³/mol. The van der Waals surface area contributed by atoms with E-state index in [4.69, 9.17) is 0 Å². The van der Waals surface area contributed by atoms with Crippen LogP contribution in [0.5, 0.6) is 0 Å². The molecule has 114 valence electrons. The molecule has 0 saturated carbocycles. The van der Waals surface area contributed by atoms with Gasteiger partial charge >= 0.3 is 0 Å². The Hall–Kier alpha value is -2.08. The molecule has 0 N–H and O–H groups in total. The highest BCUT2D eigenvalue weighted by Gasteiger charge is 2.13. The van der Waals surface area contributed by atoms with Gasteiger partial charge in [-0.05, 0) is 46.6 Å². The van der Waals surface area contributed by atoms with E-state index < -0.39 is 0 Å². The SMILES string of the molecule is C=C(Cc1ccccc1C(=C)C)c1ccc(C(C)(C)C)cc1. The van der Waals surface area contributed by atoms with Crippen LogP contribution in [0, 0.1) is 0 Å². The van der Waals surface area contributed by atoms with Crippen LogP contribution in [0.15, 0.2) is 61.7 Å². The van der Waals surface area contributed by atoms with Crippen LogP contribution in [0.2, 0.25) is 0 Å². The molecular weight excluding hydrogens is 264 g/mol. The molecule has 2 rings (SSSR count). The minimum Gasteiger partial charge on any atom is -0.0955 e. The second kappa shape index (κ2) is 6.36. The van der Waals surface area contributed by atoms with Crippen molar-refractivity contribution in [2.45, 2.75) is 39.5 Å². The van der Waals surface area contributed by atoms with Crippen LogP contribution in [0.4, 0.5) is 0 Å². The average Bonchev–Trinajstić information content (AvgIpc) is 2.46. The fourth-order valence-corrected chi connectivity index (χ4v) is 2.63. The lowest BCUT2D eigenvalue weighted by molar-refractivity contribution is 0.590. The van der Waals surface area contributed by atoms with Gasteiger partial charge in [-0.1, -0.05) is 88.0 Å². The van der Waals surface area contributed by atoms with E-state index in [0.717, 1.165) is 17.6 Å². The van der Waals surface area contributed by atoms with Crippen LogP contribution in [-0.4, -0.2) is 0 Å². The maximum absolute atomic E-state index is 4.28. The summed E-state index contributed by atoms with van der Waals surface area (Å²) in [6, 6.07) is 17.2. The van der Waals surface area contributed by atoms with Gasteiger partial charge in [0.05, 0.1) is 0 Å². The van der Waals surface area contributed by atoms with E-state index in [1.807, 2.05) is 0 Å². The van der Waals surface area contributed by atoms with E-state index >= 15 is 0 Å². The maximum atomic E-state index is 4.28. The van der Waals surface area contributed by atoms with Gasteiger partial charge in [0.15, 0.2) is 0 Å². The first kappa shape index (κ1) is 16.3. The summed E-state index contributed by atoms with van der Waals surface area (Å²) in [6.45, 7) is 17.1.